The van der Waals surface area contributed by atoms with Gasteiger partial charge >= 0.3 is 0 Å². The summed E-state index contributed by atoms with van der Waals surface area (Å²) in [4.78, 5) is 0. The van der Waals surface area contributed by atoms with Crippen molar-refractivity contribution < 1.29 is 9.84 Å². The van der Waals surface area contributed by atoms with Gasteiger partial charge in [-0.2, -0.15) is 0 Å². The first-order chi connectivity index (χ1) is 9.99. The lowest BCUT2D eigenvalue weighted by Gasteiger charge is -2.20. The molecule has 0 bridgehead atoms. The van der Waals surface area contributed by atoms with Crippen LogP contribution in [0.1, 0.15) is 56.2 Å². The van der Waals surface area contributed by atoms with Crippen LogP contribution in [0.3, 0.4) is 0 Å². The number of hydrogen-bond acceptors (Lipinski definition) is 3. The molecule has 2 N–H and O–H groups in total. The molecular formula is C18H29NO2. The first-order valence-electron chi connectivity index (χ1n) is 8.07. The van der Waals surface area contributed by atoms with E-state index in [0.29, 0.717) is 6.04 Å². The molecule has 21 heavy (non-hydrogen) atoms. The van der Waals surface area contributed by atoms with Crippen LogP contribution < -0.4 is 5.32 Å². The van der Waals surface area contributed by atoms with E-state index in [9.17, 15) is 5.11 Å². The average molecular weight is 291 g/mol. The maximum absolute atomic E-state index is 10.3. The van der Waals surface area contributed by atoms with Gasteiger partial charge in [0.1, 0.15) is 0 Å². The van der Waals surface area contributed by atoms with E-state index in [2.05, 4.69) is 23.5 Å². The molecule has 1 saturated carbocycles. The third kappa shape index (κ3) is 5.77. The number of rotatable bonds is 9. The topological polar surface area (TPSA) is 41.5 Å². The molecule has 0 heterocycles. The van der Waals surface area contributed by atoms with E-state index in [1.165, 1.54) is 24.0 Å². The lowest BCUT2D eigenvalue weighted by molar-refractivity contribution is 0.0784. The second-order valence-corrected chi connectivity index (χ2v) is 6.70. The number of hydrogen-bond donors (Lipinski definition) is 2. The zero-order chi connectivity index (χ0) is 15.3. The quantitative estimate of drug-likeness (QED) is 0.687. The van der Waals surface area contributed by atoms with Gasteiger partial charge in [0.05, 0.1) is 5.60 Å². The highest BCUT2D eigenvalue weighted by Gasteiger charge is 2.21. The normalized spacial score (nSPS) is 15.4. The Bertz CT molecular complexity index is 447. The third-order valence-corrected chi connectivity index (χ3v) is 4.00. The van der Waals surface area contributed by atoms with Crippen molar-refractivity contribution in [1.82, 2.24) is 5.32 Å². The summed E-state index contributed by atoms with van der Waals surface area (Å²) in [7, 11) is 1.75. The van der Waals surface area contributed by atoms with Gasteiger partial charge in [-0.15, -0.1) is 0 Å². The number of nitrogens with one attached hydrogen (secondary N) is 1. The molecule has 1 aromatic carbocycles. The predicted octanol–water partition coefficient (Wildman–Crippen LogP) is 3.14. The van der Waals surface area contributed by atoms with Crippen LogP contribution >= 0.6 is 0 Å². The molecule has 0 spiro atoms. The van der Waals surface area contributed by atoms with Crippen molar-refractivity contribution in [2.24, 2.45) is 0 Å². The van der Waals surface area contributed by atoms with Gasteiger partial charge in [-0.25, -0.2) is 0 Å². The minimum atomic E-state index is -0.781. The van der Waals surface area contributed by atoms with Gasteiger partial charge in [0.2, 0.25) is 0 Å². The van der Waals surface area contributed by atoms with Crippen molar-refractivity contribution in [2.45, 2.75) is 64.1 Å². The summed E-state index contributed by atoms with van der Waals surface area (Å²) >= 11 is 0. The molecule has 3 nitrogen and oxygen atoms in total. The molecule has 0 unspecified atom stereocenters. The molecule has 0 radical (unpaired) electrons. The molecule has 1 aliphatic carbocycles. The van der Waals surface area contributed by atoms with E-state index in [-0.39, 0.29) is 0 Å². The van der Waals surface area contributed by atoms with Gasteiger partial charge < -0.3 is 15.2 Å². The highest BCUT2D eigenvalue weighted by atomic mass is 16.5. The molecule has 1 fully saturated rings. The first kappa shape index (κ1) is 16.5. The van der Waals surface area contributed by atoms with Crippen molar-refractivity contribution in [3.63, 3.8) is 0 Å². The number of unbranched alkanes of at least 4 members (excludes halogenated alkanes) is 1. The van der Waals surface area contributed by atoms with Crippen molar-refractivity contribution in [1.29, 1.82) is 0 Å². The second kappa shape index (κ2) is 7.39. The Hall–Kier alpha value is -0.900. The van der Waals surface area contributed by atoms with Crippen LogP contribution in [0.25, 0.3) is 0 Å². The molecule has 2 rings (SSSR count). The summed E-state index contributed by atoms with van der Waals surface area (Å²) in [5, 5.41) is 13.9. The van der Waals surface area contributed by atoms with Crippen molar-refractivity contribution in [3.8, 4) is 0 Å². The van der Waals surface area contributed by atoms with Crippen molar-refractivity contribution in [2.75, 3.05) is 13.7 Å². The zero-order valence-electron chi connectivity index (χ0n) is 13.6. The van der Waals surface area contributed by atoms with E-state index in [1.54, 1.807) is 7.11 Å². The number of ether oxygens (including phenoxy) is 1. The van der Waals surface area contributed by atoms with Gasteiger partial charge in [-0.05, 0) is 62.6 Å². The van der Waals surface area contributed by atoms with Crippen LogP contribution in [0.15, 0.2) is 18.2 Å². The van der Waals surface area contributed by atoms with Gasteiger partial charge in [0.25, 0.3) is 0 Å². The number of aryl methyl sites for hydroxylation is 1. The fraction of sp³-hybridized carbons (Fsp3) is 0.667. The van der Waals surface area contributed by atoms with Crippen LogP contribution in [-0.4, -0.2) is 24.9 Å². The lowest BCUT2D eigenvalue weighted by atomic mass is 9.92. The Morgan fingerprint density at radius 2 is 1.90 bits per heavy atom. The SMILES string of the molecule is COCCCCc1cc(CNC2CC2)cc(C(C)(C)O)c1. The average Bonchev–Trinajstić information content (AvgIpc) is 3.24. The molecule has 3 heteroatoms. The molecule has 0 amide bonds. The Morgan fingerprint density at radius 1 is 1.19 bits per heavy atom. The van der Waals surface area contributed by atoms with E-state index in [4.69, 9.17) is 4.74 Å². The molecule has 0 saturated heterocycles. The number of aliphatic hydroxyl groups is 1. The van der Waals surface area contributed by atoms with Crippen LogP contribution in [0.5, 0.6) is 0 Å². The molecular weight excluding hydrogens is 262 g/mol. The van der Waals surface area contributed by atoms with Crippen LogP contribution in [0, 0.1) is 0 Å². The Labute approximate surface area is 128 Å². The van der Waals surface area contributed by atoms with E-state index in [0.717, 1.165) is 38.0 Å². The number of benzene rings is 1. The van der Waals surface area contributed by atoms with E-state index < -0.39 is 5.60 Å². The Balaban J connectivity index is 2.03. The fourth-order valence-electron chi connectivity index (χ4n) is 2.49. The monoisotopic (exact) mass is 291 g/mol. The van der Waals surface area contributed by atoms with Crippen molar-refractivity contribution in [3.05, 3.63) is 34.9 Å². The largest absolute Gasteiger partial charge is 0.386 e. The minimum Gasteiger partial charge on any atom is -0.386 e. The number of methoxy groups -OCH3 is 1. The molecule has 118 valence electrons. The summed E-state index contributed by atoms with van der Waals surface area (Å²) in [5.74, 6) is 0. The van der Waals surface area contributed by atoms with Gasteiger partial charge in [-0.1, -0.05) is 18.2 Å². The summed E-state index contributed by atoms with van der Waals surface area (Å²) in [6.07, 6.45) is 5.85. The van der Waals surface area contributed by atoms with Crippen molar-refractivity contribution >= 4 is 0 Å². The molecule has 0 aliphatic heterocycles. The summed E-state index contributed by atoms with van der Waals surface area (Å²) in [6.45, 7) is 5.44. The summed E-state index contributed by atoms with van der Waals surface area (Å²) in [6, 6.07) is 7.26. The second-order valence-electron chi connectivity index (χ2n) is 6.70. The maximum Gasteiger partial charge on any atom is 0.0840 e. The molecule has 1 aromatic rings. The fourth-order valence-corrected chi connectivity index (χ4v) is 2.49. The minimum absolute atomic E-state index is 0.709. The lowest BCUT2D eigenvalue weighted by Crippen LogP contribution is -2.19. The first-order valence-corrected chi connectivity index (χ1v) is 8.07. The van der Waals surface area contributed by atoms with Crippen LogP contribution in [0.2, 0.25) is 0 Å². The predicted molar refractivity (Wildman–Crippen MR) is 86.4 cm³/mol. The third-order valence-electron chi connectivity index (χ3n) is 4.00. The highest BCUT2D eigenvalue weighted by molar-refractivity contribution is 5.33. The van der Waals surface area contributed by atoms with Gasteiger partial charge in [-0.3, -0.25) is 0 Å². The molecule has 1 aliphatic rings. The maximum atomic E-state index is 10.3. The summed E-state index contributed by atoms with van der Waals surface area (Å²) < 4.78 is 5.10. The van der Waals surface area contributed by atoms with Gasteiger partial charge in [0.15, 0.2) is 0 Å². The molecule has 0 aromatic heterocycles. The summed E-state index contributed by atoms with van der Waals surface area (Å²) in [5.41, 5.74) is 2.83. The van der Waals surface area contributed by atoms with Crippen LogP contribution in [0.4, 0.5) is 0 Å². The van der Waals surface area contributed by atoms with E-state index in [1.807, 2.05) is 13.8 Å². The standard InChI is InChI=1S/C18H29NO2/c1-18(2,20)16-11-14(6-4-5-9-21-3)10-15(12-16)13-19-17-7-8-17/h10-12,17,19-20H,4-9,13H2,1-3H3. The zero-order valence-corrected chi connectivity index (χ0v) is 13.6. The Morgan fingerprint density at radius 3 is 2.52 bits per heavy atom. The highest BCUT2D eigenvalue weighted by Crippen LogP contribution is 2.25. The van der Waals surface area contributed by atoms with Gasteiger partial charge in [0, 0.05) is 26.3 Å². The van der Waals surface area contributed by atoms with E-state index >= 15 is 0 Å². The van der Waals surface area contributed by atoms with Crippen LogP contribution in [-0.2, 0) is 23.3 Å². The smallest absolute Gasteiger partial charge is 0.0840 e. The molecule has 0 atom stereocenters. The Kier molecular flexibility index (Phi) is 5.80.